The van der Waals surface area contributed by atoms with Gasteiger partial charge in [0.25, 0.3) is 0 Å². The lowest BCUT2D eigenvalue weighted by Crippen LogP contribution is -2.54. The molecule has 2 atom stereocenters. The summed E-state index contributed by atoms with van der Waals surface area (Å²) in [6, 6.07) is 4.76. The lowest BCUT2D eigenvalue weighted by Gasteiger charge is -2.23. The predicted octanol–water partition coefficient (Wildman–Crippen LogP) is 0.232. The zero-order valence-electron chi connectivity index (χ0n) is 16.1. The standard InChI is InChI=1S/C18H29BFN3O4S/c1-28-11-9-16(19(26)27)23-18(25)15(4-2-3-10-21)22-17(24)12-13-5-7-14(20)8-6-13/h5-8,15-16,26-27H,2-4,9-12,21H2,1H3,(H,22,24)(H,23,25)/t15-,16-/m0/s1. The summed E-state index contributed by atoms with van der Waals surface area (Å²) in [5.41, 5.74) is 6.12. The molecule has 0 aliphatic rings. The first-order valence-corrected chi connectivity index (χ1v) is 10.7. The molecule has 1 aromatic rings. The molecular formula is C18H29BFN3O4S. The Hall–Kier alpha value is -1.62. The maximum atomic E-state index is 13.0. The van der Waals surface area contributed by atoms with E-state index in [4.69, 9.17) is 5.73 Å². The zero-order chi connectivity index (χ0) is 20.9. The normalized spacial score (nSPS) is 12.9. The fourth-order valence-electron chi connectivity index (χ4n) is 2.62. The van der Waals surface area contributed by atoms with Crippen LogP contribution in [0.15, 0.2) is 24.3 Å². The Morgan fingerprint density at radius 1 is 1.18 bits per heavy atom. The third kappa shape index (κ3) is 9.54. The number of thioether (sulfide) groups is 1. The van der Waals surface area contributed by atoms with Gasteiger partial charge in [-0.1, -0.05) is 12.1 Å². The number of hydrogen-bond acceptors (Lipinski definition) is 6. The lowest BCUT2D eigenvalue weighted by atomic mass is 9.77. The highest BCUT2D eigenvalue weighted by molar-refractivity contribution is 7.98. The van der Waals surface area contributed by atoms with Crippen LogP contribution in [0, 0.1) is 5.82 Å². The Morgan fingerprint density at radius 3 is 2.43 bits per heavy atom. The summed E-state index contributed by atoms with van der Waals surface area (Å²) >= 11 is 1.53. The van der Waals surface area contributed by atoms with Crippen LogP contribution in [0.25, 0.3) is 0 Å². The topological polar surface area (TPSA) is 125 Å². The van der Waals surface area contributed by atoms with Crippen LogP contribution in [0.1, 0.15) is 31.2 Å². The van der Waals surface area contributed by atoms with Gasteiger partial charge in [0.05, 0.1) is 12.4 Å². The second kappa shape index (κ2) is 13.5. The number of benzene rings is 1. The maximum Gasteiger partial charge on any atom is 0.475 e. The predicted molar refractivity (Wildman–Crippen MR) is 110 cm³/mol. The number of hydrogen-bond donors (Lipinski definition) is 5. The number of halogens is 1. The Morgan fingerprint density at radius 2 is 1.86 bits per heavy atom. The van der Waals surface area contributed by atoms with Gasteiger partial charge in [-0.25, -0.2) is 4.39 Å². The molecule has 10 heteroatoms. The van der Waals surface area contributed by atoms with Crippen LogP contribution in [-0.2, 0) is 16.0 Å². The molecule has 6 N–H and O–H groups in total. The van der Waals surface area contributed by atoms with Crippen LogP contribution < -0.4 is 16.4 Å². The molecule has 0 aromatic heterocycles. The van der Waals surface area contributed by atoms with E-state index in [2.05, 4.69) is 10.6 Å². The number of nitrogens with one attached hydrogen (secondary N) is 2. The molecule has 0 bridgehead atoms. The van der Waals surface area contributed by atoms with Crippen molar-refractivity contribution in [2.75, 3.05) is 18.6 Å². The van der Waals surface area contributed by atoms with Crippen molar-refractivity contribution < 1.29 is 24.0 Å². The molecule has 1 aromatic carbocycles. The third-order valence-electron chi connectivity index (χ3n) is 4.20. The van der Waals surface area contributed by atoms with E-state index in [0.717, 1.165) is 0 Å². The Balaban J connectivity index is 2.72. The van der Waals surface area contributed by atoms with Crippen molar-refractivity contribution in [3.63, 3.8) is 0 Å². The van der Waals surface area contributed by atoms with E-state index in [1.54, 1.807) is 0 Å². The minimum absolute atomic E-state index is 0.0134. The number of nitrogens with two attached hydrogens (primary N) is 1. The second-order valence-corrected chi connectivity index (χ2v) is 7.50. The van der Waals surface area contributed by atoms with E-state index in [9.17, 15) is 24.0 Å². The molecule has 1 rings (SSSR count). The first-order valence-electron chi connectivity index (χ1n) is 9.26. The Kier molecular flexibility index (Phi) is 11.8. The van der Waals surface area contributed by atoms with Crippen molar-refractivity contribution in [2.24, 2.45) is 5.73 Å². The van der Waals surface area contributed by atoms with Crippen LogP contribution in [-0.4, -0.2) is 59.5 Å². The molecule has 0 saturated carbocycles. The van der Waals surface area contributed by atoms with Gasteiger partial charge in [0.2, 0.25) is 11.8 Å². The number of amides is 2. The van der Waals surface area contributed by atoms with Crippen LogP contribution in [0.4, 0.5) is 4.39 Å². The van der Waals surface area contributed by atoms with Crippen molar-refractivity contribution >= 4 is 30.7 Å². The monoisotopic (exact) mass is 413 g/mol. The molecule has 0 heterocycles. The van der Waals surface area contributed by atoms with Crippen LogP contribution in [0.3, 0.4) is 0 Å². The van der Waals surface area contributed by atoms with Gasteiger partial charge >= 0.3 is 7.12 Å². The summed E-state index contributed by atoms with van der Waals surface area (Å²) in [7, 11) is -1.68. The van der Waals surface area contributed by atoms with E-state index in [-0.39, 0.29) is 18.1 Å². The molecule has 0 aliphatic carbocycles. The highest BCUT2D eigenvalue weighted by Crippen LogP contribution is 2.07. The van der Waals surface area contributed by atoms with Gasteiger partial charge < -0.3 is 26.4 Å². The van der Waals surface area contributed by atoms with Gasteiger partial charge in [-0.15, -0.1) is 0 Å². The molecule has 0 radical (unpaired) electrons. The third-order valence-corrected chi connectivity index (χ3v) is 4.84. The number of rotatable bonds is 13. The average molecular weight is 413 g/mol. The smallest absolute Gasteiger partial charge is 0.426 e. The Bertz CT molecular complexity index is 607. The van der Waals surface area contributed by atoms with Crippen molar-refractivity contribution in [3.8, 4) is 0 Å². The summed E-state index contributed by atoms with van der Waals surface area (Å²) in [5, 5.41) is 24.3. The van der Waals surface area contributed by atoms with E-state index in [1.165, 1.54) is 36.0 Å². The second-order valence-electron chi connectivity index (χ2n) is 6.52. The minimum Gasteiger partial charge on any atom is -0.426 e. The van der Waals surface area contributed by atoms with Gasteiger partial charge in [-0.2, -0.15) is 11.8 Å². The summed E-state index contributed by atoms with van der Waals surface area (Å²) in [6.07, 6.45) is 4.02. The fraction of sp³-hybridized carbons (Fsp3) is 0.556. The molecule has 28 heavy (non-hydrogen) atoms. The van der Waals surface area contributed by atoms with Crippen molar-refractivity contribution in [3.05, 3.63) is 35.6 Å². The zero-order valence-corrected chi connectivity index (χ0v) is 16.9. The summed E-state index contributed by atoms with van der Waals surface area (Å²) in [5.74, 6) is -1.39. The quantitative estimate of drug-likeness (QED) is 0.233. The summed E-state index contributed by atoms with van der Waals surface area (Å²) in [4.78, 5) is 24.9. The summed E-state index contributed by atoms with van der Waals surface area (Å²) in [6.45, 7) is 0.476. The van der Waals surface area contributed by atoms with E-state index in [0.29, 0.717) is 43.5 Å². The van der Waals surface area contributed by atoms with Crippen LogP contribution >= 0.6 is 11.8 Å². The first kappa shape index (κ1) is 24.4. The average Bonchev–Trinajstić information content (AvgIpc) is 2.65. The molecule has 2 amide bonds. The van der Waals surface area contributed by atoms with Crippen LogP contribution in [0.5, 0.6) is 0 Å². The minimum atomic E-state index is -1.68. The van der Waals surface area contributed by atoms with Gasteiger partial charge in [0.15, 0.2) is 0 Å². The SMILES string of the molecule is CSCC[C@H](NC(=O)[C@H](CCCCN)NC(=O)Cc1ccc(F)cc1)B(O)O. The van der Waals surface area contributed by atoms with Gasteiger partial charge in [-0.3, -0.25) is 9.59 Å². The largest absolute Gasteiger partial charge is 0.475 e. The maximum absolute atomic E-state index is 13.0. The van der Waals surface area contributed by atoms with Crippen molar-refractivity contribution in [1.82, 2.24) is 10.6 Å². The molecule has 0 unspecified atom stereocenters. The van der Waals surface area contributed by atoms with Gasteiger partial charge in [-0.05, 0) is 61.9 Å². The lowest BCUT2D eigenvalue weighted by molar-refractivity contribution is -0.129. The number of unbranched alkanes of at least 4 members (excludes halogenated alkanes) is 1. The van der Waals surface area contributed by atoms with Gasteiger partial charge in [0.1, 0.15) is 11.9 Å². The molecule has 0 spiro atoms. The highest BCUT2D eigenvalue weighted by atomic mass is 32.2. The molecule has 0 fully saturated rings. The molecular weight excluding hydrogens is 384 g/mol. The molecule has 156 valence electrons. The van der Waals surface area contributed by atoms with E-state index in [1.807, 2.05) is 6.26 Å². The fourth-order valence-corrected chi connectivity index (χ4v) is 3.11. The van der Waals surface area contributed by atoms with Gasteiger partial charge in [0, 0.05) is 0 Å². The molecule has 7 nitrogen and oxygen atoms in total. The molecule has 0 saturated heterocycles. The highest BCUT2D eigenvalue weighted by Gasteiger charge is 2.28. The Labute approximate surface area is 169 Å². The van der Waals surface area contributed by atoms with Crippen LogP contribution in [0.2, 0.25) is 0 Å². The number of carbonyl (C=O) groups is 2. The van der Waals surface area contributed by atoms with E-state index >= 15 is 0 Å². The van der Waals surface area contributed by atoms with Crippen molar-refractivity contribution in [2.45, 2.75) is 44.1 Å². The number of carbonyl (C=O) groups excluding carboxylic acids is 2. The first-order chi connectivity index (χ1) is 13.4. The molecule has 0 aliphatic heterocycles. The van der Waals surface area contributed by atoms with Crippen molar-refractivity contribution in [1.29, 1.82) is 0 Å². The van der Waals surface area contributed by atoms with E-state index < -0.39 is 25.0 Å². The summed E-state index contributed by atoms with van der Waals surface area (Å²) < 4.78 is 13.0.